The monoisotopic (exact) mass is 396 g/mol. The average Bonchev–Trinajstić information content (AvgIpc) is 3.31. The Labute approximate surface area is 164 Å². The minimum absolute atomic E-state index is 0.209. The fourth-order valence-corrected chi connectivity index (χ4v) is 5.10. The van der Waals surface area contributed by atoms with Crippen LogP contribution in [0.15, 0.2) is 60.0 Å². The predicted molar refractivity (Wildman–Crippen MR) is 114 cm³/mol. The first kappa shape index (κ1) is 17.9. The molecule has 0 saturated heterocycles. The molecule has 4 nitrogen and oxygen atoms in total. The summed E-state index contributed by atoms with van der Waals surface area (Å²) in [6.45, 7) is 0. The zero-order valence-corrected chi connectivity index (χ0v) is 16.5. The Bertz CT molecular complexity index is 1010. The molecular formula is C21H20N2O2S2. The van der Waals surface area contributed by atoms with Gasteiger partial charge >= 0.3 is 0 Å². The highest BCUT2D eigenvalue weighted by atomic mass is 32.2. The summed E-state index contributed by atoms with van der Waals surface area (Å²) in [5.41, 5.74) is 9.79. The Hall–Kier alpha value is -2.44. The second-order valence-corrected chi connectivity index (χ2v) is 9.40. The van der Waals surface area contributed by atoms with Crippen LogP contribution >= 0.6 is 11.3 Å². The fourth-order valence-electron chi connectivity index (χ4n) is 3.24. The predicted octanol–water partition coefficient (Wildman–Crippen LogP) is 4.62. The molecule has 3 N–H and O–H groups in total. The van der Waals surface area contributed by atoms with E-state index in [4.69, 9.17) is 5.73 Å². The van der Waals surface area contributed by atoms with Gasteiger partial charge in [0.15, 0.2) is 0 Å². The maximum atomic E-state index is 12.7. The van der Waals surface area contributed by atoms with Gasteiger partial charge in [0.25, 0.3) is 5.91 Å². The minimum Gasteiger partial charge on any atom is -0.397 e. The van der Waals surface area contributed by atoms with Crippen LogP contribution in [-0.4, -0.2) is 16.4 Å². The summed E-state index contributed by atoms with van der Waals surface area (Å²) in [6.07, 6.45) is 3.62. The Kier molecular flexibility index (Phi) is 4.61. The molecule has 1 aliphatic carbocycles. The molecule has 27 heavy (non-hydrogen) atoms. The van der Waals surface area contributed by atoms with Gasteiger partial charge in [0.2, 0.25) is 0 Å². The van der Waals surface area contributed by atoms with Crippen molar-refractivity contribution in [3.63, 3.8) is 0 Å². The van der Waals surface area contributed by atoms with E-state index in [-0.39, 0.29) is 10.7 Å². The van der Waals surface area contributed by atoms with Crippen LogP contribution in [-0.2, 0) is 15.5 Å². The highest BCUT2D eigenvalue weighted by Gasteiger charge is 2.48. The van der Waals surface area contributed by atoms with Crippen molar-refractivity contribution in [1.82, 2.24) is 0 Å². The Morgan fingerprint density at radius 2 is 1.89 bits per heavy atom. The van der Waals surface area contributed by atoms with E-state index in [1.807, 2.05) is 41.8 Å². The lowest BCUT2D eigenvalue weighted by atomic mass is 10.1. The normalized spacial score (nSPS) is 15.9. The molecule has 1 unspecified atom stereocenters. The number of hydrogen-bond donors (Lipinski definition) is 2. The van der Waals surface area contributed by atoms with Gasteiger partial charge in [-0.3, -0.25) is 9.00 Å². The molecule has 4 rings (SSSR count). The van der Waals surface area contributed by atoms with Crippen LogP contribution in [0.5, 0.6) is 0 Å². The molecule has 138 valence electrons. The molecule has 0 radical (unpaired) electrons. The van der Waals surface area contributed by atoms with Crippen LogP contribution in [0, 0.1) is 0 Å². The lowest BCUT2D eigenvalue weighted by Crippen LogP contribution is -2.15. The van der Waals surface area contributed by atoms with Crippen LogP contribution in [0.4, 0.5) is 11.4 Å². The van der Waals surface area contributed by atoms with Crippen molar-refractivity contribution in [3.8, 4) is 10.4 Å². The molecule has 0 bridgehead atoms. The van der Waals surface area contributed by atoms with Crippen molar-refractivity contribution in [2.45, 2.75) is 17.6 Å². The zero-order valence-electron chi connectivity index (χ0n) is 14.9. The van der Waals surface area contributed by atoms with E-state index >= 15 is 0 Å². The first-order valence-electron chi connectivity index (χ1n) is 8.68. The summed E-state index contributed by atoms with van der Waals surface area (Å²) in [6, 6.07) is 17.1. The van der Waals surface area contributed by atoms with E-state index < -0.39 is 10.8 Å². The van der Waals surface area contributed by atoms with Crippen molar-refractivity contribution in [1.29, 1.82) is 0 Å². The van der Waals surface area contributed by atoms with Gasteiger partial charge < -0.3 is 11.1 Å². The van der Waals surface area contributed by atoms with Gasteiger partial charge in [0.05, 0.1) is 16.1 Å². The van der Waals surface area contributed by atoms with Crippen LogP contribution in [0.3, 0.4) is 0 Å². The first-order valence-corrected chi connectivity index (χ1v) is 11.1. The smallest absolute Gasteiger partial charge is 0.255 e. The van der Waals surface area contributed by atoms with Gasteiger partial charge in [-0.1, -0.05) is 24.3 Å². The van der Waals surface area contributed by atoms with E-state index in [2.05, 4.69) is 5.32 Å². The number of amides is 1. The summed E-state index contributed by atoms with van der Waals surface area (Å²) < 4.78 is 11.8. The van der Waals surface area contributed by atoms with Gasteiger partial charge in [-0.2, -0.15) is 0 Å². The number of carbonyl (C=O) groups is 1. The highest BCUT2D eigenvalue weighted by Crippen LogP contribution is 2.50. The van der Waals surface area contributed by atoms with Crippen molar-refractivity contribution >= 4 is 39.4 Å². The van der Waals surface area contributed by atoms with Gasteiger partial charge in [-0.05, 0) is 59.7 Å². The van der Waals surface area contributed by atoms with E-state index in [9.17, 15) is 9.00 Å². The summed E-state index contributed by atoms with van der Waals surface area (Å²) in [4.78, 5) is 13.8. The molecule has 1 saturated carbocycles. The van der Waals surface area contributed by atoms with Crippen molar-refractivity contribution < 1.29 is 9.00 Å². The van der Waals surface area contributed by atoms with Crippen molar-refractivity contribution in [2.75, 3.05) is 17.3 Å². The molecule has 0 spiro atoms. The third-order valence-corrected chi connectivity index (χ3v) is 7.70. The number of hydrogen-bond acceptors (Lipinski definition) is 4. The molecule has 2 aromatic carbocycles. The Morgan fingerprint density at radius 1 is 1.15 bits per heavy atom. The zero-order chi connectivity index (χ0) is 19.0. The molecule has 1 heterocycles. The first-order chi connectivity index (χ1) is 13.0. The molecule has 3 aromatic rings. The summed E-state index contributed by atoms with van der Waals surface area (Å²) in [5, 5.41) is 4.92. The van der Waals surface area contributed by atoms with Gasteiger partial charge in [-0.15, -0.1) is 11.3 Å². The molecular weight excluding hydrogens is 376 g/mol. The Balaban J connectivity index is 1.54. The highest BCUT2D eigenvalue weighted by molar-refractivity contribution is 7.85. The van der Waals surface area contributed by atoms with E-state index in [0.29, 0.717) is 16.9 Å². The number of anilines is 2. The number of thiophene rings is 1. The quantitative estimate of drug-likeness (QED) is 0.618. The molecule has 1 fully saturated rings. The number of nitrogen functional groups attached to an aromatic ring is 1. The van der Waals surface area contributed by atoms with Crippen LogP contribution in [0.25, 0.3) is 10.4 Å². The maximum absolute atomic E-state index is 12.7. The third kappa shape index (κ3) is 3.42. The average molecular weight is 397 g/mol. The Morgan fingerprint density at radius 3 is 2.48 bits per heavy atom. The second kappa shape index (κ2) is 6.94. The van der Waals surface area contributed by atoms with Gasteiger partial charge in [-0.25, -0.2) is 0 Å². The lowest BCUT2D eigenvalue weighted by molar-refractivity contribution is 0.102. The molecule has 1 aromatic heterocycles. The second-order valence-electron chi connectivity index (χ2n) is 6.76. The number of rotatable bonds is 5. The standard InChI is InChI=1S/C21H20N2O2S2/c1-27(25)21(10-11-21)16-7-4-14(5-8-16)20(24)23-18-13-15(6-9-17(18)22)19-3-2-12-26-19/h2-9,12-13H,10-11,22H2,1H3,(H,23,24). The van der Waals surface area contributed by atoms with E-state index in [0.717, 1.165) is 28.8 Å². The van der Waals surface area contributed by atoms with Crippen molar-refractivity contribution in [3.05, 3.63) is 71.1 Å². The molecule has 1 aliphatic rings. The number of carbonyl (C=O) groups excluding carboxylic acids is 1. The van der Waals surface area contributed by atoms with Gasteiger partial charge in [0.1, 0.15) is 0 Å². The molecule has 1 amide bonds. The van der Waals surface area contributed by atoms with Crippen LogP contribution in [0.1, 0.15) is 28.8 Å². The SMILES string of the molecule is CS(=O)C1(c2ccc(C(=O)Nc3cc(-c4cccs4)ccc3N)cc2)CC1. The molecule has 0 aliphatic heterocycles. The largest absolute Gasteiger partial charge is 0.397 e. The summed E-state index contributed by atoms with van der Waals surface area (Å²) >= 11 is 1.64. The maximum Gasteiger partial charge on any atom is 0.255 e. The van der Waals surface area contributed by atoms with Crippen molar-refractivity contribution in [2.24, 2.45) is 0 Å². The van der Waals surface area contributed by atoms with E-state index in [1.54, 1.807) is 35.8 Å². The summed E-state index contributed by atoms with van der Waals surface area (Å²) in [5.74, 6) is -0.209. The van der Waals surface area contributed by atoms with E-state index in [1.165, 1.54) is 0 Å². The lowest BCUT2D eigenvalue weighted by Gasteiger charge is -2.13. The topological polar surface area (TPSA) is 72.2 Å². The molecule has 6 heteroatoms. The number of nitrogens with two attached hydrogens (primary N) is 1. The fraction of sp³-hybridized carbons (Fsp3) is 0.190. The van der Waals surface area contributed by atoms with Crippen LogP contribution in [0.2, 0.25) is 0 Å². The van der Waals surface area contributed by atoms with Crippen LogP contribution < -0.4 is 11.1 Å². The number of benzene rings is 2. The molecule has 1 atom stereocenters. The third-order valence-electron chi connectivity index (χ3n) is 5.03. The minimum atomic E-state index is -0.901. The van der Waals surface area contributed by atoms with Gasteiger partial charge in [0, 0.05) is 27.5 Å². The number of nitrogens with one attached hydrogen (secondary N) is 1. The summed E-state index contributed by atoms with van der Waals surface area (Å²) in [7, 11) is -0.901.